The third-order valence-corrected chi connectivity index (χ3v) is 5.87. The maximum Gasteiger partial charge on any atom is 0.0653 e. The Hall–Kier alpha value is 0.440. The normalized spacial score (nSPS) is 33.9. The van der Waals surface area contributed by atoms with Crippen LogP contribution in [0.2, 0.25) is 0 Å². The first-order valence-electron chi connectivity index (χ1n) is 6.94. The summed E-state index contributed by atoms with van der Waals surface area (Å²) in [5.74, 6) is 0.734. The Bertz CT molecular complexity index is 223. The zero-order valence-corrected chi connectivity index (χ0v) is 12.3. The van der Waals surface area contributed by atoms with Crippen LogP contribution >= 0.6 is 15.9 Å². The second-order valence-electron chi connectivity index (χ2n) is 5.86. The fourth-order valence-corrected chi connectivity index (χ4v) is 4.55. The second-order valence-corrected chi connectivity index (χ2v) is 6.96. The molecule has 0 heterocycles. The van der Waals surface area contributed by atoms with Crippen molar-refractivity contribution >= 4 is 15.9 Å². The highest BCUT2D eigenvalue weighted by molar-refractivity contribution is 9.09. The zero-order chi connectivity index (χ0) is 11.6. The number of hydrogen-bond acceptors (Lipinski definition) is 1. The molecule has 0 bridgehead atoms. The summed E-state index contributed by atoms with van der Waals surface area (Å²) in [6, 6.07) is 0. The van der Waals surface area contributed by atoms with Crippen molar-refractivity contribution in [1.29, 1.82) is 0 Å². The Balaban J connectivity index is 1.78. The van der Waals surface area contributed by atoms with Gasteiger partial charge < -0.3 is 4.74 Å². The fraction of sp³-hybridized carbons (Fsp3) is 1.00. The number of halogens is 1. The highest BCUT2D eigenvalue weighted by Crippen LogP contribution is 2.57. The standard InChI is InChI=1S/C14H25BrO/c1-3-6-11(2)10-16-13-9-12(15)14(13)7-4-5-8-14/h11-13H,3-10H2,1-2H3. The number of ether oxygens (including phenoxy) is 1. The molecule has 0 N–H and O–H groups in total. The molecule has 94 valence electrons. The number of hydrogen-bond donors (Lipinski definition) is 0. The molecule has 16 heavy (non-hydrogen) atoms. The first-order chi connectivity index (χ1) is 7.69. The second kappa shape index (κ2) is 5.39. The van der Waals surface area contributed by atoms with E-state index < -0.39 is 0 Å². The largest absolute Gasteiger partial charge is 0.377 e. The van der Waals surface area contributed by atoms with E-state index in [1.807, 2.05) is 0 Å². The van der Waals surface area contributed by atoms with Crippen LogP contribution in [0.25, 0.3) is 0 Å². The molecule has 0 radical (unpaired) electrons. The molecule has 0 amide bonds. The van der Waals surface area contributed by atoms with Crippen LogP contribution < -0.4 is 0 Å². The van der Waals surface area contributed by atoms with E-state index in [0.717, 1.165) is 17.4 Å². The lowest BCUT2D eigenvalue weighted by atomic mass is 9.64. The molecular weight excluding hydrogens is 264 g/mol. The van der Waals surface area contributed by atoms with E-state index in [9.17, 15) is 0 Å². The summed E-state index contributed by atoms with van der Waals surface area (Å²) in [6.45, 7) is 5.54. The van der Waals surface area contributed by atoms with Crippen LogP contribution in [0, 0.1) is 11.3 Å². The predicted molar refractivity (Wildman–Crippen MR) is 72.0 cm³/mol. The van der Waals surface area contributed by atoms with Gasteiger partial charge in [0.1, 0.15) is 0 Å². The van der Waals surface area contributed by atoms with Crippen molar-refractivity contribution in [3.63, 3.8) is 0 Å². The summed E-state index contributed by atoms with van der Waals surface area (Å²) >= 11 is 3.84. The van der Waals surface area contributed by atoms with Gasteiger partial charge in [-0.25, -0.2) is 0 Å². The summed E-state index contributed by atoms with van der Waals surface area (Å²) in [5, 5.41) is 0. The van der Waals surface area contributed by atoms with E-state index in [-0.39, 0.29) is 0 Å². The van der Waals surface area contributed by atoms with Crippen molar-refractivity contribution in [2.24, 2.45) is 11.3 Å². The molecule has 1 spiro atoms. The molecule has 0 aromatic heterocycles. The highest BCUT2D eigenvalue weighted by atomic mass is 79.9. The van der Waals surface area contributed by atoms with Gasteiger partial charge in [-0.1, -0.05) is 49.0 Å². The molecule has 2 aliphatic carbocycles. The van der Waals surface area contributed by atoms with Gasteiger partial charge in [0, 0.05) is 16.8 Å². The molecule has 2 heteroatoms. The predicted octanol–water partition coefficient (Wildman–Crippen LogP) is 4.54. The Morgan fingerprint density at radius 1 is 1.38 bits per heavy atom. The third kappa shape index (κ3) is 2.33. The van der Waals surface area contributed by atoms with E-state index in [0.29, 0.717) is 11.5 Å². The van der Waals surface area contributed by atoms with Crippen molar-refractivity contribution < 1.29 is 4.74 Å². The molecule has 0 aliphatic heterocycles. The molecule has 0 aromatic carbocycles. The minimum atomic E-state index is 0.520. The highest BCUT2D eigenvalue weighted by Gasteiger charge is 2.55. The maximum absolute atomic E-state index is 6.17. The minimum Gasteiger partial charge on any atom is -0.377 e. The Labute approximate surface area is 108 Å². The lowest BCUT2D eigenvalue weighted by Gasteiger charge is -2.51. The van der Waals surface area contributed by atoms with E-state index in [1.54, 1.807) is 0 Å². The first-order valence-corrected chi connectivity index (χ1v) is 7.86. The van der Waals surface area contributed by atoms with Gasteiger partial charge >= 0.3 is 0 Å². The van der Waals surface area contributed by atoms with Crippen molar-refractivity contribution in [3.05, 3.63) is 0 Å². The van der Waals surface area contributed by atoms with Crippen LogP contribution in [0.1, 0.15) is 58.8 Å². The van der Waals surface area contributed by atoms with Crippen LogP contribution in [0.15, 0.2) is 0 Å². The number of alkyl halides is 1. The van der Waals surface area contributed by atoms with Crippen LogP contribution in [0.4, 0.5) is 0 Å². The van der Waals surface area contributed by atoms with Crippen LogP contribution in [0.3, 0.4) is 0 Å². The topological polar surface area (TPSA) is 9.23 Å². The Morgan fingerprint density at radius 3 is 2.62 bits per heavy atom. The lowest BCUT2D eigenvalue weighted by Crippen LogP contribution is -2.54. The van der Waals surface area contributed by atoms with E-state index in [2.05, 4.69) is 29.8 Å². The molecule has 2 aliphatic rings. The smallest absolute Gasteiger partial charge is 0.0653 e. The van der Waals surface area contributed by atoms with Crippen molar-refractivity contribution in [1.82, 2.24) is 0 Å². The molecule has 1 nitrogen and oxygen atoms in total. The molecule has 2 rings (SSSR count). The molecule has 0 aromatic rings. The minimum absolute atomic E-state index is 0.520. The average molecular weight is 289 g/mol. The van der Waals surface area contributed by atoms with E-state index in [4.69, 9.17) is 4.74 Å². The van der Waals surface area contributed by atoms with Gasteiger partial charge in [0.15, 0.2) is 0 Å². The summed E-state index contributed by atoms with van der Waals surface area (Å²) < 4.78 is 6.17. The lowest BCUT2D eigenvalue weighted by molar-refractivity contribution is -0.109. The van der Waals surface area contributed by atoms with Gasteiger partial charge in [0.25, 0.3) is 0 Å². The van der Waals surface area contributed by atoms with Gasteiger partial charge in [0.2, 0.25) is 0 Å². The van der Waals surface area contributed by atoms with Crippen LogP contribution in [-0.4, -0.2) is 17.5 Å². The summed E-state index contributed by atoms with van der Waals surface area (Å²) in [5.41, 5.74) is 0.520. The van der Waals surface area contributed by atoms with Crippen molar-refractivity contribution in [2.75, 3.05) is 6.61 Å². The van der Waals surface area contributed by atoms with Crippen LogP contribution in [0.5, 0.6) is 0 Å². The zero-order valence-electron chi connectivity index (χ0n) is 10.7. The summed E-state index contributed by atoms with van der Waals surface area (Å²) in [7, 11) is 0. The Kier molecular flexibility index (Phi) is 4.34. The maximum atomic E-state index is 6.17. The van der Waals surface area contributed by atoms with Gasteiger partial charge in [-0.2, -0.15) is 0 Å². The SMILES string of the molecule is CCCC(C)COC1CC(Br)C12CCCC2. The first kappa shape index (κ1) is 12.9. The average Bonchev–Trinajstić information content (AvgIpc) is 2.76. The molecule has 0 saturated heterocycles. The fourth-order valence-electron chi connectivity index (χ4n) is 3.46. The van der Waals surface area contributed by atoms with E-state index >= 15 is 0 Å². The van der Waals surface area contributed by atoms with Gasteiger partial charge in [0.05, 0.1) is 6.10 Å². The van der Waals surface area contributed by atoms with Crippen molar-refractivity contribution in [2.45, 2.75) is 69.7 Å². The summed E-state index contributed by atoms with van der Waals surface area (Å²) in [4.78, 5) is 0.731. The number of rotatable bonds is 5. The molecule has 2 saturated carbocycles. The van der Waals surface area contributed by atoms with Crippen molar-refractivity contribution in [3.8, 4) is 0 Å². The third-order valence-electron chi connectivity index (χ3n) is 4.58. The van der Waals surface area contributed by atoms with E-state index in [1.165, 1.54) is 44.9 Å². The monoisotopic (exact) mass is 288 g/mol. The Morgan fingerprint density at radius 2 is 2.06 bits per heavy atom. The molecule has 3 unspecified atom stereocenters. The van der Waals surface area contributed by atoms with Crippen LogP contribution in [-0.2, 0) is 4.74 Å². The van der Waals surface area contributed by atoms with Gasteiger partial charge in [-0.3, -0.25) is 0 Å². The van der Waals surface area contributed by atoms with Gasteiger partial charge in [-0.05, 0) is 31.6 Å². The van der Waals surface area contributed by atoms with Gasteiger partial charge in [-0.15, -0.1) is 0 Å². The summed E-state index contributed by atoms with van der Waals surface area (Å²) in [6.07, 6.45) is 9.96. The molecular formula is C14H25BrO. The molecule has 3 atom stereocenters. The molecule has 2 fully saturated rings. The quantitative estimate of drug-likeness (QED) is 0.675.